The maximum Gasteiger partial charge on any atom is 0.0103 e. The fraction of sp³-hybridized carbons (Fsp3) is 0.333. The minimum Gasteiger partial charge on any atom is -0.0847 e. The molecule has 0 atom stereocenters. The van der Waals surface area contributed by atoms with Crippen LogP contribution in [0.5, 0.6) is 0 Å². The topological polar surface area (TPSA) is 0 Å². The Morgan fingerprint density at radius 3 is 2.60 bits per heavy atom. The van der Waals surface area contributed by atoms with E-state index >= 15 is 0 Å². The third kappa shape index (κ3) is 5.83. The molecule has 0 aliphatic rings. The van der Waals surface area contributed by atoms with Gasteiger partial charge >= 0.3 is 0 Å². The smallest absolute Gasteiger partial charge is 0.0103 e. The molecule has 0 N–H and O–H groups in total. The molecule has 1 heteroatoms. The van der Waals surface area contributed by atoms with Crippen molar-refractivity contribution < 1.29 is 0 Å². The maximum absolute atomic E-state index is 3.68. The van der Waals surface area contributed by atoms with Crippen molar-refractivity contribution in [1.82, 2.24) is 0 Å². The Morgan fingerprint density at radius 1 is 1.60 bits per heavy atom. The molecule has 0 unspecified atom stereocenters. The summed E-state index contributed by atoms with van der Waals surface area (Å²) in [6.07, 6.45) is 7.13. The standard InChI is InChI=1S/C9H13Br/c1-4-8(2)6-5-7-9(3)10/h5-7H,3-4H2,1-2H3/b7-5-,8-6+. The fourth-order valence-corrected chi connectivity index (χ4v) is 0.587. The highest BCUT2D eigenvalue weighted by Crippen LogP contribution is 2.03. The number of halogens is 1. The highest BCUT2D eigenvalue weighted by Gasteiger charge is 1.78. The van der Waals surface area contributed by atoms with E-state index in [0.29, 0.717) is 0 Å². The van der Waals surface area contributed by atoms with E-state index < -0.39 is 0 Å². The summed E-state index contributed by atoms with van der Waals surface area (Å²) < 4.78 is 0.910. The van der Waals surface area contributed by atoms with Crippen molar-refractivity contribution in [2.75, 3.05) is 0 Å². The first-order valence-corrected chi connectivity index (χ1v) is 4.14. The van der Waals surface area contributed by atoms with Gasteiger partial charge in [-0.25, -0.2) is 0 Å². The van der Waals surface area contributed by atoms with Crippen LogP contribution < -0.4 is 0 Å². The second-order valence-corrected chi connectivity index (χ2v) is 3.19. The summed E-state index contributed by atoms with van der Waals surface area (Å²) in [7, 11) is 0. The van der Waals surface area contributed by atoms with Gasteiger partial charge in [-0.2, -0.15) is 0 Å². The highest BCUT2D eigenvalue weighted by molar-refractivity contribution is 9.11. The number of allylic oxidation sites excluding steroid dienone is 5. The van der Waals surface area contributed by atoms with Crippen LogP contribution >= 0.6 is 15.9 Å². The second-order valence-electron chi connectivity index (χ2n) is 2.17. The first kappa shape index (κ1) is 9.70. The summed E-state index contributed by atoms with van der Waals surface area (Å²) >= 11 is 3.24. The molecule has 0 aromatic heterocycles. The van der Waals surface area contributed by atoms with Crippen LogP contribution in [0.2, 0.25) is 0 Å². The molecule has 10 heavy (non-hydrogen) atoms. The molecule has 0 bridgehead atoms. The van der Waals surface area contributed by atoms with Crippen LogP contribution in [0, 0.1) is 0 Å². The Bertz CT molecular complexity index is 164. The van der Waals surface area contributed by atoms with Crippen LogP contribution in [0.3, 0.4) is 0 Å². The van der Waals surface area contributed by atoms with Gasteiger partial charge in [0, 0.05) is 4.48 Å². The average Bonchev–Trinajstić information content (AvgIpc) is 1.87. The van der Waals surface area contributed by atoms with Gasteiger partial charge in [-0.15, -0.1) is 0 Å². The van der Waals surface area contributed by atoms with E-state index in [0.717, 1.165) is 10.9 Å². The summed E-state index contributed by atoms with van der Waals surface area (Å²) in [6, 6.07) is 0. The van der Waals surface area contributed by atoms with Crippen LogP contribution in [0.4, 0.5) is 0 Å². The molecule has 0 aromatic rings. The lowest BCUT2D eigenvalue weighted by atomic mass is 10.2. The molecule has 0 fully saturated rings. The summed E-state index contributed by atoms with van der Waals surface area (Å²) in [5.74, 6) is 0. The number of hydrogen-bond donors (Lipinski definition) is 0. The lowest BCUT2D eigenvalue weighted by Crippen LogP contribution is -1.67. The van der Waals surface area contributed by atoms with Crippen molar-refractivity contribution in [3.05, 3.63) is 34.9 Å². The molecule has 0 heterocycles. The van der Waals surface area contributed by atoms with E-state index in [1.165, 1.54) is 5.57 Å². The van der Waals surface area contributed by atoms with Gasteiger partial charge in [0.1, 0.15) is 0 Å². The van der Waals surface area contributed by atoms with Crippen molar-refractivity contribution in [1.29, 1.82) is 0 Å². The first-order chi connectivity index (χ1) is 4.66. The molecule has 0 aliphatic heterocycles. The Hall–Kier alpha value is -0.300. The summed E-state index contributed by atoms with van der Waals surface area (Å²) in [5.41, 5.74) is 1.38. The molecule has 56 valence electrons. The molecule has 0 saturated carbocycles. The van der Waals surface area contributed by atoms with Gasteiger partial charge < -0.3 is 0 Å². The van der Waals surface area contributed by atoms with E-state index in [1.807, 2.05) is 12.2 Å². The van der Waals surface area contributed by atoms with E-state index in [-0.39, 0.29) is 0 Å². The first-order valence-electron chi connectivity index (χ1n) is 3.35. The third-order valence-electron chi connectivity index (χ3n) is 1.22. The van der Waals surface area contributed by atoms with Crippen LogP contribution in [-0.2, 0) is 0 Å². The molecular weight excluding hydrogens is 188 g/mol. The van der Waals surface area contributed by atoms with E-state index in [9.17, 15) is 0 Å². The lowest BCUT2D eigenvalue weighted by molar-refractivity contribution is 1.10. The molecule has 0 rings (SSSR count). The van der Waals surface area contributed by atoms with E-state index in [2.05, 4.69) is 42.4 Å². The van der Waals surface area contributed by atoms with Gasteiger partial charge in [-0.1, -0.05) is 47.2 Å². The summed E-state index contributed by atoms with van der Waals surface area (Å²) in [6.45, 7) is 7.93. The lowest BCUT2D eigenvalue weighted by Gasteiger charge is -1.88. The third-order valence-corrected chi connectivity index (χ3v) is 1.48. The van der Waals surface area contributed by atoms with Crippen molar-refractivity contribution in [2.45, 2.75) is 20.3 Å². The largest absolute Gasteiger partial charge is 0.0847 e. The van der Waals surface area contributed by atoms with Gasteiger partial charge in [0.15, 0.2) is 0 Å². The van der Waals surface area contributed by atoms with E-state index in [4.69, 9.17) is 0 Å². The van der Waals surface area contributed by atoms with Crippen molar-refractivity contribution in [3.8, 4) is 0 Å². The summed E-state index contributed by atoms with van der Waals surface area (Å²) in [4.78, 5) is 0. The SMILES string of the molecule is C=C(Br)/C=C\C=C(/C)CC. The molecule has 0 radical (unpaired) electrons. The van der Waals surface area contributed by atoms with Gasteiger partial charge in [0.05, 0.1) is 0 Å². The van der Waals surface area contributed by atoms with Crippen molar-refractivity contribution >= 4 is 15.9 Å². The van der Waals surface area contributed by atoms with Gasteiger partial charge in [-0.05, 0) is 19.4 Å². The van der Waals surface area contributed by atoms with Gasteiger partial charge in [-0.3, -0.25) is 0 Å². The molecule has 0 amide bonds. The highest BCUT2D eigenvalue weighted by atomic mass is 79.9. The predicted molar refractivity (Wildman–Crippen MR) is 51.3 cm³/mol. The monoisotopic (exact) mass is 200 g/mol. The van der Waals surface area contributed by atoms with Crippen molar-refractivity contribution in [2.24, 2.45) is 0 Å². The normalized spacial score (nSPS) is 12.5. The molecule has 0 aromatic carbocycles. The van der Waals surface area contributed by atoms with Gasteiger partial charge in [0.2, 0.25) is 0 Å². The Morgan fingerprint density at radius 2 is 2.20 bits per heavy atom. The maximum atomic E-state index is 3.68. The van der Waals surface area contributed by atoms with Crippen LogP contribution in [0.15, 0.2) is 34.9 Å². The molecular formula is C9H13Br. The van der Waals surface area contributed by atoms with Crippen molar-refractivity contribution in [3.63, 3.8) is 0 Å². The Labute approximate surface area is 71.5 Å². The zero-order chi connectivity index (χ0) is 7.98. The zero-order valence-corrected chi connectivity index (χ0v) is 8.11. The molecule has 0 aliphatic carbocycles. The number of rotatable bonds is 3. The van der Waals surface area contributed by atoms with Gasteiger partial charge in [0.25, 0.3) is 0 Å². The second kappa shape index (κ2) is 5.48. The predicted octanol–water partition coefficient (Wildman–Crippen LogP) is 3.81. The van der Waals surface area contributed by atoms with E-state index in [1.54, 1.807) is 0 Å². The quantitative estimate of drug-likeness (QED) is 0.609. The zero-order valence-electron chi connectivity index (χ0n) is 6.52. The molecule has 0 saturated heterocycles. The van der Waals surface area contributed by atoms with Crippen LogP contribution in [-0.4, -0.2) is 0 Å². The fourth-order valence-electron chi connectivity index (χ4n) is 0.435. The Balaban J connectivity index is 3.82. The minimum absolute atomic E-state index is 0.910. The molecule has 0 spiro atoms. The summed E-state index contributed by atoms with van der Waals surface area (Å²) in [5, 5.41) is 0. The van der Waals surface area contributed by atoms with Crippen LogP contribution in [0.25, 0.3) is 0 Å². The average molecular weight is 201 g/mol. The van der Waals surface area contributed by atoms with Crippen LogP contribution in [0.1, 0.15) is 20.3 Å². The molecule has 0 nitrogen and oxygen atoms in total. The Kier molecular flexibility index (Phi) is 5.32. The number of hydrogen-bond acceptors (Lipinski definition) is 0. The minimum atomic E-state index is 0.910.